The summed E-state index contributed by atoms with van der Waals surface area (Å²) in [5, 5.41) is 0.197. The topological polar surface area (TPSA) is 58.4 Å². The monoisotopic (exact) mass is 446 g/mol. The van der Waals surface area contributed by atoms with E-state index in [2.05, 4.69) is 28.8 Å². The van der Waals surface area contributed by atoms with Gasteiger partial charge in [-0.25, -0.2) is 13.4 Å². The molecule has 31 heavy (non-hydrogen) atoms. The fourth-order valence-corrected chi connectivity index (χ4v) is 6.34. The van der Waals surface area contributed by atoms with Gasteiger partial charge in [0.1, 0.15) is 0 Å². The third-order valence-corrected chi connectivity index (χ3v) is 7.96. The highest BCUT2D eigenvalue weighted by Crippen LogP contribution is 2.21. The lowest BCUT2D eigenvalue weighted by atomic mass is 9.97. The van der Waals surface area contributed by atoms with Gasteiger partial charge in [0.2, 0.25) is 15.0 Å². The van der Waals surface area contributed by atoms with E-state index in [4.69, 9.17) is 0 Å². The van der Waals surface area contributed by atoms with Crippen molar-refractivity contribution in [3.05, 3.63) is 47.8 Å². The molecule has 7 heteroatoms. The average molecular weight is 447 g/mol. The van der Waals surface area contributed by atoms with Gasteiger partial charge in [0.15, 0.2) is 0 Å². The molecule has 1 atom stereocenters. The highest BCUT2D eigenvalue weighted by atomic mass is 32.2. The summed E-state index contributed by atoms with van der Waals surface area (Å²) in [6, 6.07) is 10.0. The van der Waals surface area contributed by atoms with Crippen LogP contribution in [0.2, 0.25) is 0 Å². The third-order valence-electron chi connectivity index (χ3n) is 5.97. The largest absolute Gasteiger partial charge is 0.313 e. The molecule has 1 aromatic carbocycles. The van der Waals surface area contributed by atoms with E-state index in [1.807, 2.05) is 48.7 Å². The summed E-state index contributed by atoms with van der Waals surface area (Å²) in [5.41, 5.74) is 2.04. The van der Waals surface area contributed by atoms with E-state index in [9.17, 15) is 8.42 Å². The Morgan fingerprint density at radius 2 is 1.97 bits per heavy atom. The Hall–Kier alpha value is -1.70. The molecule has 1 fully saturated rings. The Morgan fingerprint density at radius 3 is 2.65 bits per heavy atom. The van der Waals surface area contributed by atoms with E-state index >= 15 is 0 Å². The van der Waals surface area contributed by atoms with E-state index in [0.29, 0.717) is 19.0 Å². The molecule has 2 aromatic rings. The number of likely N-dealkylation sites (tertiary alicyclic amines) is 1. The van der Waals surface area contributed by atoms with Crippen molar-refractivity contribution in [3.8, 4) is 0 Å². The zero-order valence-electron chi connectivity index (χ0n) is 19.5. The van der Waals surface area contributed by atoms with E-state index < -0.39 is 9.84 Å². The van der Waals surface area contributed by atoms with Crippen molar-refractivity contribution >= 4 is 9.84 Å². The Morgan fingerprint density at radius 1 is 1.23 bits per heavy atom. The number of hydrogen-bond donors (Lipinski definition) is 0. The van der Waals surface area contributed by atoms with Gasteiger partial charge < -0.3 is 14.4 Å². The normalized spacial score (nSPS) is 18.2. The van der Waals surface area contributed by atoms with Crippen LogP contribution >= 0.6 is 0 Å². The van der Waals surface area contributed by atoms with Crippen LogP contribution in [0.4, 0.5) is 0 Å². The Labute approximate surface area is 188 Å². The molecule has 0 N–H and O–H groups in total. The van der Waals surface area contributed by atoms with E-state index in [1.165, 1.54) is 19.4 Å². The lowest BCUT2D eigenvalue weighted by Crippen LogP contribution is -2.39. The molecule has 1 aromatic heterocycles. The molecule has 1 saturated heterocycles. The highest BCUT2D eigenvalue weighted by Gasteiger charge is 2.26. The summed E-state index contributed by atoms with van der Waals surface area (Å²) >= 11 is 0. The molecule has 0 radical (unpaired) electrons. The molecule has 0 aliphatic carbocycles. The van der Waals surface area contributed by atoms with Gasteiger partial charge in [-0.3, -0.25) is 0 Å². The molecular weight excluding hydrogens is 408 g/mol. The molecule has 172 valence electrons. The Kier molecular flexibility index (Phi) is 8.30. The molecule has 0 spiro atoms. The van der Waals surface area contributed by atoms with Crippen LogP contribution in [0.25, 0.3) is 0 Å². The maximum atomic E-state index is 13.0. The van der Waals surface area contributed by atoms with Crippen molar-refractivity contribution in [2.45, 2.75) is 51.9 Å². The van der Waals surface area contributed by atoms with Crippen LogP contribution in [0.3, 0.4) is 0 Å². The molecule has 1 unspecified atom stereocenters. The van der Waals surface area contributed by atoms with E-state index in [-0.39, 0.29) is 16.8 Å². The number of benzene rings is 1. The van der Waals surface area contributed by atoms with Crippen molar-refractivity contribution in [3.63, 3.8) is 0 Å². The van der Waals surface area contributed by atoms with Crippen LogP contribution in [0.1, 0.15) is 44.9 Å². The average Bonchev–Trinajstić information content (AvgIpc) is 3.11. The van der Waals surface area contributed by atoms with Crippen molar-refractivity contribution in [1.29, 1.82) is 0 Å². The predicted molar refractivity (Wildman–Crippen MR) is 126 cm³/mol. The van der Waals surface area contributed by atoms with Gasteiger partial charge in [-0.15, -0.1) is 0 Å². The standard InChI is InChI=1S/C24H38N4O2S/c1-5-27-13-9-12-22(16-27)15-26(4)18-23-14-25-24(31(29,30)19-20(2)3)28(23)17-21-10-7-6-8-11-21/h6-8,10-11,14,20,22H,5,9,12-13,15-19H2,1-4H3. The van der Waals surface area contributed by atoms with Crippen LogP contribution in [-0.2, 0) is 22.9 Å². The Balaban J connectivity index is 1.80. The molecule has 0 amide bonds. The molecule has 1 aliphatic heterocycles. The number of nitrogens with zero attached hydrogens (tertiary/aromatic N) is 4. The SMILES string of the molecule is CCN1CCCC(CN(C)Cc2cnc(S(=O)(=O)CC(C)C)n2Cc2ccccc2)C1. The van der Waals surface area contributed by atoms with Crippen LogP contribution in [0, 0.1) is 11.8 Å². The van der Waals surface area contributed by atoms with Gasteiger partial charge in [0.25, 0.3) is 0 Å². The summed E-state index contributed by atoms with van der Waals surface area (Å²) in [4.78, 5) is 9.25. The van der Waals surface area contributed by atoms with Crippen LogP contribution in [0.5, 0.6) is 0 Å². The zero-order chi connectivity index (χ0) is 22.4. The molecule has 0 saturated carbocycles. The van der Waals surface area contributed by atoms with Gasteiger partial charge in [0.05, 0.1) is 24.2 Å². The number of piperidine rings is 1. The van der Waals surface area contributed by atoms with Gasteiger partial charge >= 0.3 is 0 Å². The van der Waals surface area contributed by atoms with Gasteiger partial charge in [-0.05, 0) is 50.4 Å². The first-order valence-electron chi connectivity index (χ1n) is 11.5. The van der Waals surface area contributed by atoms with Gasteiger partial charge in [0, 0.05) is 19.6 Å². The molecule has 0 bridgehead atoms. The second kappa shape index (κ2) is 10.7. The summed E-state index contributed by atoms with van der Waals surface area (Å²) < 4.78 is 28.0. The summed E-state index contributed by atoms with van der Waals surface area (Å²) in [7, 11) is -1.30. The van der Waals surface area contributed by atoms with Crippen LogP contribution < -0.4 is 0 Å². The first kappa shape index (κ1) is 24.0. The number of sulfone groups is 1. The van der Waals surface area contributed by atoms with Crippen molar-refractivity contribution in [2.24, 2.45) is 11.8 Å². The smallest absolute Gasteiger partial charge is 0.228 e. The molecular formula is C24H38N4O2S. The number of imidazole rings is 1. The minimum atomic E-state index is -3.44. The van der Waals surface area contributed by atoms with E-state index in [1.54, 1.807) is 6.20 Å². The minimum absolute atomic E-state index is 0.0609. The molecule has 2 heterocycles. The molecule has 3 rings (SSSR count). The third kappa shape index (κ3) is 6.64. The zero-order valence-corrected chi connectivity index (χ0v) is 20.3. The second-order valence-electron chi connectivity index (χ2n) is 9.38. The Bertz CT molecular complexity index is 924. The second-order valence-corrected chi connectivity index (χ2v) is 11.3. The molecule has 1 aliphatic rings. The van der Waals surface area contributed by atoms with Crippen LogP contribution in [-0.4, -0.2) is 66.7 Å². The van der Waals surface area contributed by atoms with E-state index in [0.717, 1.165) is 30.9 Å². The van der Waals surface area contributed by atoms with Crippen molar-refractivity contribution in [2.75, 3.05) is 39.0 Å². The number of aromatic nitrogens is 2. The fraction of sp³-hybridized carbons (Fsp3) is 0.625. The highest BCUT2D eigenvalue weighted by molar-refractivity contribution is 7.91. The fourth-order valence-electron chi connectivity index (χ4n) is 4.58. The summed E-state index contributed by atoms with van der Waals surface area (Å²) in [5.74, 6) is 0.836. The number of hydrogen-bond acceptors (Lipinski definition) is 5. The minimum Gasteiger partial charge on any atom is -0.313 e. The van der Waals surface area contributed by atoms with Crippen molar-refractivity contribution < 1.29 is 8.42 Å². The predicted octanol–water partition coefficient (Wildman–Crippen LogP) is 3.52. The summed E-state index contributed by atoms with van der Waals surface area (Å²) in [6.45, 7) is 11.8. The first-order valence-corrected chi connectivity index (χ1v) is 13.2. The summed E-state index contributed by atoms with van der Waals surface area (Å²) in [6.07, 6.45) is 4.28. The first-order chi connectivity index (χ1) is 14.8. The van der Waals surface area contributed by atoms with Crippen LogP contribution in [0.15, 0.2) is 41.7 Å². The van der Waals surface area contributed by atoms with Gasteiger partial charge in [-0.1, -0.05) is 51.1 Å². The number of rotatable bonds is 10. The lowest BCUT2D eigenvalue weighted by Gasteiger charge is -2.34. The van der Waals surface area contributed by atoms with Crippen molar-refractivity contribution in [1.82, 2.24) is 19.4 Å². The quantitative estimate of drug-likeness (QED) is 0.559. The maximum Gasteiger partial charge on any atom is 0.228 e. The van der Waals surface area contributed by atoms with Gasteiger partial charge in [-0.2, -0.15) is 0 Å². The molecule has 6 nitrogen and oxygen atoms in total. The maximum absolute atomic E-state index is 13.0. The lowest BCUT2D eigenvalue weighted by molar-refractivity contribution is 0.145.